The molecule has 0 radical (unpaired) electrons. The van der Waals surface area contributed by atoms with Crippen LogP contribution in [0.25, 0.3) is 17.0 Å². The second-order valence-electron chi connectivity index (χ2n) is 8.56. The van der Waals surface area contributed by atoms with E-state index in [1.54, 1.807) is 22.7 Å². The van der Waals surface area contributed by atoms with Crippen LogP contribution < -0.4 is 16.0 Å². The zero-order valence-corrected chi connectivity index (χ0v) is 18.4. The van der Waals surface area contributed by atoms with Crippen molar-refractivity contribution in [1.82, 2.24) is 25.0 Å². The van der Waals surface area contributed by atoms with Crippen LogP contribution in [0.5, 0.6) is 0 Å². The summed E-state index contributed by atoms with van der Waals surface area (Å²) in [5.74, 6) is -2.22. The van der Waals surface area contributed by atoms with Crippen LogP contribution in [0.3, 0.4) is 0 Å². The maximum atomic E-state index is 14.7. The molecule has 2 fully saturated rings. The van der Waals surface area contributed by atoms with Gasteiger partial charge in [-0.3, -0.25) is 9.20 Å². The number of alkyl halides is 1. The van der Waals surface area contributed by atoms with Gasteiger partial charge in [0.15, 0.2) is 17.5 Å². The number of hydrogen-bond acceptors (Lipinski definition) is 6. The van der Waals surface area contributed by atoms with E-state index in [1.807, 2.05) is 0 Å². The lowest BCUT2D eigenvalue weighted by atomic mass is 10.1. The zero-order chi connectivity index (χ0) is 23.7. The van der Waals surface area contributed by atoms with E-state index in [0.717, 1.165) is 18.9 Å². The number of amides is 1. The Balaban J connectivity index is 1.41. The third kappa shape index (κ3) is 4.58. The molecule has 180 valence electrons. The van der Waals surface area contributed by atoms with Crippen molar-refractivity contribution in [3.05, 3.63) is 47.8 Å². The summed E-state index contributed by atoms with van der Waals surface area (Å²) in [6, 6.07) is 3.31. The Morgan fingerprint density at radius 3 is 2.79 bits per heavy atom. The van der Waals surface area contributed by atoms with Gasteiger partial charge in [-0.25, -0.2) is 23.1 Å². The van der Waals surface area contributed by atoms with Gasteiger partial charge in [-0.15, -0.1) is 0 Å². The van der Waals surface area contributed by atoms with E-state index in [9.17, 15) is 18.0 Å². The first kappa shape index (κ1) is 22.6. The van der Waals surface area contributed by atoms with E-state index in [2.05, 4.69) is 25.9 Å². The Morgan fingerprint density at radius 1 is 1.18 bits per heavy atom. The smallest absolute Gasteiger partial charge is 0.251 e. The molecular weight excluding hydrogens is 449 g/mol. The van der Waals surface area contributed by atoms with Crippen LogP contribution in [0, 0.1) is 11.6 Å². The number of halogens is 3. The molecule has 2 aliphatic rings. The molecular formula is C23H25F3N6O2. The van der Waals surface area contributed by atoms with Crippen molar-refractivity contribution in [3.63, 3.8) is 0 Å². The largest absolute Gasteiger partial charge is 0.381 e. The van der Waals surface area contributed by atoms with Gasteiger partial charge in [-0.1, -0.05) is 0 Å². The standard InChI is InChI=1S/C23H25F3N6O2/c24-15-1-5-27-11-18(15)30-22-17(26)10-16(25)21(31-22)19-12-28-20-9-13(2-6-32(19)20)23(33)29-14-3-7-34-8-4-14/h2,6,9-10,12,14-15,18,27H,1,3-5,7-8,11H2,(H,29,33)(H,30,31)/t15-,18-/m1/s1. The topological polar surface area (TPSA) is 92.6 Å². The van der Waals surface area contributed by atoms with Gasteiger partial charge >= 0.3 is 0 Å². The van der Waals surface area contributed by atoms with Gasteiger partial charge in [0.2, 0.25) is 0 Å². The number of ether oxygens (including phenoxy) is 1. The molecule has 2 atom stereocenters. The number of anilines is 1. The molecule has 5 rings (SSSR count). The van der Waals surface area contributed by atoms with Gasteiger partial charge in [0, 0.05) is 43.6 Å². The van der Waals surface area contributed by atoms with Gasteiger partial charge in [0.05, 0.1) is 17.9 Å². The first-order chi connectivity index (χ1) is 16.5. The Kier molecular flexibility index (Phi) is 6.38. The summed E-state index contributed by atoms with van der Waals surface area (Å²) in [5, 5.41) is 8.79. The Hall–Kier alpha value is -3.18. The summed E-state index contributed by atoms with van der Waals surface area (Å²) in [6.45, 7) is 2.08. The number of aromatic nitrogens is 3. The lowest BCUT2D eigenvalue weighted by Crippen LogP contribution is -2.46. The Labute approximate surface area is 193 Å². The highest BCUT2D eigenvalue weighted by atomic mass is 19.1. The van der Waals surface area contributed by atoms with E-state index in [4.69, 9.17) is 4.74 Å². The number of nitrogens with zero attached hydrogens (tertiary/aromatic N) is 3. The van der Waals surface area contributed by atoms with Gasteiger partial charge in [-0.05, 0) is 37.9 Å². The van der Waals surface area contributed by atoms with Crippen molar-refractivity contribution in [2.45, 2.75) is 37.5 Å². The van der Waals surface area contributed by atoms with Crippen LogP contribution >= 0.6 is 0 Å². The summed E-state index contributed by atoms with van der Waals surface area (Å²) in [7, 11) is 0. The number of rotatable bonds is 5. The maximum Gasteiger partial charge on any atom is 0.251 e. The van der Waals surface area contributed by atoms with Gasteiger partial charge < -0.3 is 20.7 Å². The molecule has 2 aliphatic heterocycles. The number of imidazole rings is 1. The van der Waals surface area contributed by atoms with Crippen molar-refractivity contribution in [1.29, 1.82) is 0 Å². The van der Waals surface area contributed by atoms with E-state index < -0.39 is 23.8 Å². The summed E-state index contributed by atoms with van der Waals surface area (Å²) >= 11 is 0. The molecule has 0 aliphatic carbocycles. The highest BCUT2D eigenvalue weighted by Crippen LogP contribution is 2.27. The number of hydrogen-bond donors (Lipinski definition) is 3. The molecule has 3 aromatic rings. The number of fused-ring (bicyclic) bond motifs is 1. The fourth-order valence-electron chi connectivity index (χ4n) is 4.30. The lowest BCUT2D eigenvalue weighted by molar-refractivity contribution is 0.0696. The first-order valence-electron chi connectivity index (χ1n) is 11.3. The van der Waals surface area contributed by atoms with Crippen LogP contribution in [0.4, 0.5) is 19.0 Å². The summed E-state index contributed by atoms with van der Waals surface area (Å²) in [5.41, 5.74) is 0.986. The predicted octanol–water partition coefficient (Wildman–Crippen LogP) is 2.70. The average Bonchev–Trinajstić information content (AvgIpc) is 3.26. The zero-order valence-electron chi connectivity index (χ0n) is 18.4. The lowest BCUT2D eigenvalue weighted by Gasteiger charge is -2.28. The van der Waals surface area contributed by atoms with Crippen LogP contribution in [-0.4, -0.2) is 64.8 Å². The number of piperidine rings is 1. The fraction of sp³-hybridized carbons (Fsp3) is 0.435. The highest BCUT2D eigenvalue weighted by molar-refractivity contribution is 5.95. The van der Waals surface area contributed by atoms with Crippen LogP contribution in [-0.2, 0) is 4.74 Å². The summed E-state index contributed by atoms with van der Waals surface area (Å²) in [4.78, 5) is 21.0. The number of nitrogens with one attached hydrogen (secondary N) is 3. The minimum Gasteiger partial charge on any atom is -0.381 e. The molecule has 5 heterocycles. The molecule has 0 unspecified atom stereocenters. The van der Waals surface area contributed by atoms with E-state index >= 15 is 0 Å². The van der Waals surface area contributed by atoms with Crippen molar-refractivity contribution in [2.75, 3.05) is 31.6 Å². The normalized spacial score (nSPS) is 21.5. The SMILES string of the molecule is O=C(NC1CCOCC1)c1ccn2c(-c3nc(N[C@@H]4CNCC[C@H]4F)c(F)cc3F)cnc2c1. The Bertz CT molecular complexity index is 1200. The molecule has 0 bridgehead atoms. The average molecular weight is 474 g/mol. The molecule has 0 aromatic carbocycles. The number of pyridine rings is 2. The summed E-state index contributed by atoms with van der Waals surface area (Å²) in [6.07, 6.45) is 3.64. The first-order valence-corrected chi connectivity index (χ1v) is 11.3. The predicted molar refractivity (Wildman–Crippen MR) is 119 cm³/mol. The molecule has 0 spiro atoms. The van der Waals surface area contributed by atoms with Crippen LogP contribution in [0.15, 0.2) is 30.6 Å². The van der Waals surface area contributed by atoms with Gasteiger partial charge in [-0.2, -0.15) is 0 Å². The molecule has 0 saturated carbocycles. The fourth-order valence-corrected chi connectivity index (χ4v) is 4.30. The molecule has 3 aromatic heterocycles. The van der Waals surface area contributed by atoms with E-state index in [0.29, 0.717) is 43.9 Å². The second kappa shape index (κ2) is 9.59. The number of carbonyl (C=O) groups excluding carboxylic acids is 1. The third-order valence-electron chi connectivity index (χ3n) is 6.22. The van der Waals surface area contributed by atoms with Gasteiger partial charge in [0.25, 0.3) is 5.91 Å². The molecule has 2 saturated heterocycles. The maximum absolute atomic E-state index is 14.7. The Morgan fingerprint density at radius 2 is 2.00 bits per heavy atom. The van der Waals surface area contributed by atoms with Crippen molar-refractivity contribution < 1.29 is 22.7 Å². The molecule has 1 amide bonds. The van der Waals surface area contributed by atoms with Crippen molar-refractivity contribution in [3.8, 4) is 11.4 Å². The van der Waals surface area contributed by atoms with Crippen molar-refractivity contribution in [2.24, 2.45) is 0 Å². The summed E-state index contributed by atoms with van der Waals surface area (Å²) < 4.78 is 50.2. The monoisotopic (exact) mass is 474 g/mol. The minimum atomic E-state index is -1.17. The van der Waals surface area contributed by atoms with Gasteiger partial charge in [0.1, 0.15) is 17.5 Å². The quantitative estimate of drug-likeness (QED) is 0.527. The minimum absolute atomic E-state index is 0.0551. The van der Waals surface area contributed by atoms with Crippen LogP contribution in [0.1, 0.15) is 29.6 Å². The highest BCUT2D eigenvalue weighted by Gasteiger charge is 2.27. The molecule has 8 nitrogen and oxygen atoms in total. The third-order valence-corrected chi connectivity index (χ3v) is 6.22. The van der Waals surface area contributed by atoms with Crippen molar-refractivity contribution >= 4 is 17.4 Å². The molecule has 3 N–H and O–H groups in total. The van der Waals surface area contributed by atoms with E-state index in [1.165, 1.54) is 6.20 Å². The molecule has 11 heteroatoms. The molecule has 34 heavy (non-hydrogen) atoms. The number of carbonyl (C=O) groups is 1. The van der Waals surface area contributed by atoms with E-state index in [-0.39, 0.29) is 29.2 Å². The van der Waals surface area contributed by atoms with Crippen LogP contribution in [0.2, 0.25) is 0 Å². The second-order valence-corrected chi connectivity index (χ2v) is 8.56.